The van der Waals surface area contributed by atoms with Gasteiger partial charge in [0.25, 0.3) is 11.8 Å². The lowest BCUT2D eigenvalue weighted by molar-refractivity contribution is -0.198. The maximum atomic E-state index is 11.4. The Bertz CT molecular complexity index is 435. The Morgan fingerprint density at radius 1 is 1.09 bits per heavy atom. The summed E-state index contributed by atoms with van der Waals surface area (Å²) < 4.78 is 9.66. The fraction of sp³-hybridized carbons (Fsp3) is 0.692. The lowest BCUT2D eigenvalue weighted by Gasteiger charge is -2.12. The summed E-state index contributed by atoms with van der Waals surface area (Å²) in [6.45, 7) is -0.877. The molecule has 1 saturated heterocycles. The van der Waals surface area contributed by atoms with Crippen LogP contribution < -0.4 is 0 Å². The van der Waals surface area contributed by atoms with Crippen molar-refractivity contribution in [3.8, 4) is 0 Å². The first-order valence-electron chi connectivity index (χ1n) is 7.03. The number of nitrogens with zero attached hydrogens (tertiary/aromatic N) is 1. The van der Waals surface area contributed by atoms with E-state index in [2.05, 4.69) is 9.57 Å². The third-order valence-corrected chi connectivity index (χ3v) is 2.75. The van der Waals surface area contributed by atoms with Crippen molar-refractivity contribution in [1.29, 1.82) is 0 Å². The van der Waals surface area contributed by atoms with Crippen molar-refractivity contribution < 1.29 is 43.7 Å². The van der Waals surface area contributed by atoms with Crippen LogP contribution in [0.25, 0.3) is 0 Å². The summed E-state index contributed by atoms with van der Waals surface area (Å²) in [7, 11) is 0. The number of hydrogen-bond donors (Lipinski definition) is 2. The molecule has 2 amide bonds. The van der Waals surface area contributed by atoms with Gasteiger partial charge in [-0.15, -0.1) is 5.06 Å². The van der Waals surface area contributed by atoms with Gasteiger partial charge in [0.1, 0.15) is 12.7 Å². The van der Waals surface area contributed by atoms with Crippen LogP contribution in [0, 0.1) is 0 Å². The average Bonchev–Trinajstić information content (AvgIpc) is 2.84. The van der Waals surface area contributed by atoms with E-state index in [9.17, 15) is 19.2 Å². The van der Waals surface area contributed by atoms with Crippen molar-refractivity contribution in [3.63, 3.8) is 0 Å². The van der Waals surface area contributed by atoms with Gasteiger partial charge in [-0.3, -0.25) is 14.4 Å². The third-order valence-electron chi connectivity index (χ3n) is 2.75. The van der Waals surface area contributed by atoms with Gasteiger partial charge < -0.3 is 24.5 Å². The summed E-state index contributed by atoms with van der Waals surface area (Å²) in [4.78, 5) is 49.6. The van der Waals surface area contributed by atoms with Gasteiger partial charge in [-0.05, 0) is 0 Å². The SMILES string of the molecule is O=C(CCOCCC(=O)ON1C(=O)CCC1=O)OCC(O)CO. The molecule has 0 aliphatic carbocycles. The Hall–Kier alpha value is -2.04. The highest BCUT2D eigenvalue weighted by Gasteiger charge is 2.32. The molecule has 0 aromatic rings. The monoisotopic (exact) mass is 333 g/mol. The number of carbonyl (C=O) groups is 4. The lowest BCUT2D eigenvalue weighted by Crippen LogP contribution is -2.32. The minimum Gasteiger partial charge on any atom is -0.463 e. The van der Waals surface area contributed by atoms with E-state index in [1.54, 1.807) is 0 Å². The minimum absolute atomic E-state index is 0.0110. The normalized spacial score (nSPS) is 15.7. The quantitative estimate of drug-likeness (QED) is 0.271. The predicted octanol–water partition coefficient (Wildman–Crippen LogP) is -1.71. The number of rotatable bonds is 10. The molecule has 0 spiro atoms. The predicted molar refractivity (Wildman–Crippen MR) is 71.3 cm³/mol. The molecule has 1 heterocycles. The Morgan fingerprint density at radius 2 is 1.65 bits per heavy atom. The van der Waals surface area contributed by atoms with Gasteiger partial charge in [-0.2, -0.15) is 0 Å². The number of amides is 2. The highest BCUT2D eigenvalue weighted by atomic mass is 16.7. The van der Waals surface area contributed by atoms with Crippen molar-refractivity contribution in [2.45, 2.75) is 31.8 Å². The lowest BCUT2D eigenvalue weighted by atomic mass is 10.4. The molecule has 1 atom stereocenters. The van der Waals surface area contributed by atoms with Gasteiger partial charge >= 0.3 is 11.9 Å². The van der Waals surface area contributed by atoms with Gasteiger partial charge in [0.15, 0.2) is 0 Å². The van der Waals surface area contributed by atoms with Crippen LogP contribution >= 0.6 is 0 Å². The molecule has 2 N–H and O–H groups in total. The van der Waals surface area contributed by atoms with Gasteiger partial charge in [0.2, 0.25) is 0 Å². The van der Waals surface area contributed by atoms with E-state index < -0.39 is 36.5 Å². The number of ether oxygens (including phenoxy) is 2. The van der Waals surface area contributed by atoms with Crippen LogP contribution in [0.3, 0.4) is 0 Å². The Labute approximate surface area is 131 Å². The van der Waals surface area contributed by atoms with Crippen LogP contribution in [0.5, 0.6) is 0 Å². The molecule has 10 heteroatoms. The molecule has 0 aromatic heterocycles. The smallest absolute Gasteiger partial charge is 0.335 e. The highest BCUT2D eigenvalue weighted by Crippen LogP contribution is 2.12. The van der Waals surface area contributed by atoms with Crippen molar-refractivity contribution in [1.82, 2.24) is 5.06 Å². The molecular weight excluding hydrogens is 314 g/mol. The van der Waals surface area contributed by atoms with Gasteiger partial charge in [-0.25, -0.2) is 4.79 Å². The van der Waals surface area contributed by atoms with Crippen LogP contribution in [0.2, 0.25) is 0 Å². The number of carbonyl (C=O) groups excluding carboxylic acids is 4. The number of hydroxylamine groups is 2. The number of aliphatic hydroxyl groups excluding tert-OH is 2. The molecule has 130 valence electrons. The van der Waals surface area contributed by atoms with E-state index in [0.717, 1.165) is 0 Å². The molecule has 1 unspecified atom stereocenters. The number of hydrogen-bond acceptors (Lipinski definition) is 9. The summed E-state index contributed by atoms with van der Waals surface area (Å²) in [6.07, 6.45) is -1.34. The van der Waals surface area contributed by atoms with Crippen LogP contribution in [-0.4, -0.2) is 71.6 Å². The van der Waals surface area contributed by atoms with Crippen LogP contribution in [0.15, 0.2) is 0 Å². The van der Waals surface area contributed by atoms with Crippen LogP contribution in [0.1, 0.15) is 25.7 Å². The largest absolute Gasteiger partial charge is 0.463 e. The standard InChI is InChI=1S/C13H19NO9/c15-7-9(16)8-22-12(19)3-5-21-6-4-13(20)23-14-10(17)1-2-11(14)18/h9,15-16H,1-8H2. The first-order valence-corrected chi connectivity index (χ1v) is 7.03. The zero-order chi connectivity index (χ0) is 17.2. The molecular formula is C13H19NO9. The Balaban J connectivity index is 2.06. The molecule has 1 aliphatic rings. The summed E-state index contributed by atoms with van der Waals surface area (Å²) in [5, 5.41) is 17.9. The van der Waals surface area contributed by atoms with Gasteiger partial charge in [-0.1, -0.05) is 0 Å². The molecule has 23 heavy (non-hydrogen) atoms. The van der Waals surface area contributed by atoms with Crippen molar-refractivity contribution in [3.05, 3.63) is 0 Å². The van der Waals surface area contributed by atoms with Crippen molar-refractivity contribution in [2.75, 3.05) is 26.4 Å². The van der Waals surface area contributed by atoms with E-state index in [0.29, 0.717) is 5.06 Å². The summed E-state index contributed by atoms with van der Waals surface area (Å²) >= 11 is 0. The molecule has 0 radical (unpaired) electrons. The second-order valence-electron chi connectivity index (χ2n) is 4.68. The molecule has 0 bridgehead atoms. The molecule has 1 fully saturated rings. The first-order chi connectivity index (χ1) is 10.9. The van der Waals surface area contributed by atoms with Crippen molar-refractivity contribution in [2.24, 2.45) is 0 Å². The molecule has 1 rings (SSSR count). The highest BCUT2D eigenvalue weighted by molar-refractivity contribution is 6.01. The van der Waals surface area contributed by atoms with E-state index in [1.165, 1.54) is 0 Å². The fourth-order valence-corrected chi connectivity index (χ4v) is 1.53. The second kappa shape index (κ2) is 9.87. The maximum absolute atomic E-state index is 11.4. The van der Waals surface area contributed by atoms with Crippen molar-refractivity contribution >= 4 is 23.8 Å². The van der Waals surface area contributed by atoms with Gasteiger partial charge in [0.05, 0.1) is 32.7 Å². The molecule has 0 saturated carbocycles. The summed E-state index contributed by atoms with van der Waals surface area (Å²) in [5.41, 5.74) is 0. The minimum atomic E-state index is -1.12. The number of imide groups is 1. The van der Waals surface area contributed by atoms with Gasteiger partial charge in [0, 0.05) is 12.8 Å². The third kappa shape index (κ3) is 7.17. The molecule has 0 aromatic carbocycles. The summed E-state index contributed by atoms with van der Waals surface area (Å²) in [6, 6.07) is 0. The number of esters is 1. The first kappa shape index (κ1) is 19.0. The van der Waals surface area contributed by atoms with E-state index in [4.69, 9.17) is 14.9 Å². The molecule has 1 aliphatic heterocycles. The average molecular weight is 333 g/mol. The zero-order valence-electron chi connectivity index (χ0n) is 12.4. The Morgan fingerprint density at radius 3 is 2.22 bits per heavy atom. The van der Waals surface area contributed by atoms with E-state index in [-0.39, 0.29) is 45.5 Å². The summed E-state index contributed by atoms with van der Waals surface area (Å²) in [5.74, 6) is -2.52. The number of aliphatic hydroxyl groups is 2. The fourth-order valence-electron chi connectivity index (χ4n) is 1.53. The Kier molecular flexibility index (Phi) is 8.16. The molecule has 10 nitrogen and oxygen atoms in total. The maximum Gasteiger partial charge on any atom is 0.335 e. The van der Waals surface area contributed by atoms with E-state index >= 15 is 0 Å². The second-order valence-corrected chi connectivity index (χ2v) is 4.68. The van der Waals surface area contributed by atoms with Crippen LogP contribution in [-0.2, 0) is 33.5 Å². The van der Waals surface area contributed by atoms with Crippen LogP contribution in [0.4, 0.5) is 0 Å². The van der Waals surface area contributed by atoms with E-state index in [1.807, 2.05) is 0 Å². The topological polar surface area (TPSA) is 140 Å². The zero-order valence-corrected chi connectivity index (χ0v) is 12.4.